The van der Waals surface area contributed by atoms with E-state index in [-0.39, 0.29) is 12.4 Å². The molecule has 0 atom stereocenters. The molecule has 0 aliphatic rings. The van der Waals surface area contributed by atoms with Gasteiger partial charge in [0.05, 0.1) is 24.3 Å². The number of halogens is 3. The summed E-state index contributed by atoms with van der Waals surface area (Å²) in [5.41, 5.74) is 6.36. The third-order valence-corrected chi connectivity index (χ3v) is 2.54. The van der Waals surface area contributed by atoms with Crippen molar-refractivity contribution in [2.45, 2.75) is 19.8 Å². The second-order valence-electron chi connectivity index (χ2n) is 3.91. The molecule has 1 rings (SSSR count). The van der Waals surface area contributed by atoms with Crippen LogP contribution in [0.1, 0.15) is 21.7 Å². The van der Waals surface area contributed by atoms with E-state index in [1.54, 1.807) is 20.9 Å². The molecule has 18 heavy (non-hydrogen) atoms. The lowest BCUT2D eigenvalue weighted by atomic mass is 10.2. The minimum atomic E-state index is -3.08. The fourth-order valence-electron chi connectivity index (χ4n) is 1.47. The molecule has 0 aliphatic carbocycles. The van der Waals surface area contributed by atoms with Crippen molar-refractivity contribution in [2.24, 2.45) is 12.8 Å². The van der Waals surface area contributed by atoms with Crippen molar-refractivity contribution >= 4 is 18.3 Å². The van der Waals surface area contributed by atoms with Crippen molar-refractivity contribution in [3.63, 3.8) is 0 Å². The summed E-state index contributed by atoms with van der Waals surface area (Å²) in [7, 11) is 1.69. The lowest BCUT2D eigenvalue weighted by Gasteiger charge is -2.14. The number of hydrogen-bond acceptors (Lipinski definition) is 3. The number of hydrogen-bond donors (Lipinski definition) is 2. The number of aromatic nitrogens is 2. The van der Waals surface area contributed by atoms with Gasteiger partial charge in [-0.3, -0.25) is 9.48 Å². The Morgan fingerprint density at radius 2 is 2.06 bits per heavy atom. The summed E-state index contributed by atoms with van der Waals surface area (Å²) in [6, 6.07) is 0. The second-order valence-corrected chi connectivity index (χ2v) is 3.91. The zero-order valence-corrected chi connectivity index (χ0v) is 11.3. The Bertz CT molecular complexity index is 434. The van der Waals surface area contributed by atoms with Crippen molar-refractivity contribution in [3.8, 4) is 0 Å². The molecular weight excluding hydrogens is 266 g/mol. The summed E-state index contributed by atoms with van der Waals surface area (Å²) < 4.78 is 27.3. The highest BCUT2D eigenvalue weighted by Crippen LogP contribution is 2.13. The van der Waals surface area contributed by atoms with Gasteiger partial charge in [0.15, 0.2) is 0 Å². The lowest BCUT2D eigenvalue weighted by Crippen LogP contribution is -2.41. The predicted octanol–water partition coefficient (Wildman–Crippen LogP) is 0.783. The second kappa shape index (κ2) is 6.10. The number of carbonyl (C=O) groups is 1. The van der Waals surface area contributed by atoms with E-state index in [1.807, 2.05) is 0 Å². The Balaban J connectivity index is 0.00000289. The molecule has 0 aliphatic heterocycles. The average Bonchev–Trinajstić information content (AvgIpc) is 2.50. The molecule has 0 fully saturated rings. The van der Waals surface area contributed by atoms with Gasteiger partial charge in [0.2, 0.25) is 0 Å². The molecule has 3 N–H and O–H groups in total. The van der Waals surface area contributed by atoms with Crippen LogP contribution in [0.2, 0.25) is 0 Å². The van der Waals surface area contributed by atoms with E-state index in [1.165, 1.54) is 4.68 Å². The first-order chi connectivity index (χ1) is 7.78. The lowest BCUT2D eigenvalue weighted by molar-refractivity contribution is 0.0118. The summed E-state index contributed by atoms with van der Waals surface area (Å²) in [5, 5.41) is 6.20. The topological polar surface area (TPSA) is 72.9 Å². The van der Waals surface area contributed by atoms with Crippen LogP contribution in [0.4, 0.5) is 8.78 Å². The first-order valence-corrected chi connectivity index (χ1v) is 5.15. The smallest absolute Gasteiger partial charge is 0.277 e. The van der Waals surface area contributed by atoms with Crippen molar-refractivity contribution in [1.82, 2.24) is 15.1 Å². The van der Waals surface area contributed by atoms with E-state index in [0.29, 0.717) is 17.0 Å². The van der Waals surface area contributed by atoms with Crippen LogP contribution in [0.25, 0.3) is 0 Å². The van der Waals surface area contributed by atoms with Crippen LogP contribution in [-0.2, 0) is 7.05 Å². The van der Waals surface area contributed by atoms with E-state index in [0.717, 1.165) is 0 Å². The van der Waals surface area contributed by atoms with Crippen LogP contribution in [-0.4, -0.2) is 34.7 Å². The van der Waals surface area contributed by atoms with Crippen LogP contribution < -0.4 is 11.1 Å². The molecule has 0 saturated carbocycles. The maximum Gasteiger partial charge on any atom is 0.277 e. The SMILES string of the molecule is Cc1nn(C)c(C)c1C(=O)NCC(F)(F)CN.Cl. The van der Waals surface area contributed by atoms with Crippen molar-refractivity contribution in [1.29, 1.82) is 0 Å². The van der Waals surface area contributed by atoms with E-state index in [2.05, 4.69) is 10.4 Å². The van der Waals surface area contributed by atoms with Gasteiger partial charge in [-0.2, -0.15) is 5.10 Å². The predicted molar refractivity (Wildman–Crippen MR) is 66.3 cm³/mol. The fraction of sp³-hybridized carbons (Fsp3) is 0.600. The zero-order chi connectivity index (χ0) is 13.2. The average molecular weight is 283 g/mol. The summed E-state index contributed by atoms with van der Waals surface area (Å²) in [6.07, 6.45) is 0. The van der Waals surface area contributed by atoms with Gasteiger partial charge in [-0.1, -0.05) is 0 Å². The van der Waals surface area contributed by atoms with Crippen molar-refractivity contribution in [2.75, 3.05) is 13.1 Å². The number of aryl methyl sites for hydroxylation is 2. The Kier molecular flexibility index (Phi) is 5.69. The van der Waals surface area contributed by atoms with Gasteiger partial charge in [-0.05, 0) is 13.8 Å². The molecule has 5 nitrogen and oxygen atoms in total. The monoisotopic (exact) mass is 282 g/mol. The van der Waals surface area contributed by atoms with Gasteiger partial charge >= 0.3 is 0 Å². The van der Waals surface area contributed by atoms with Gasteiger partial charge in [0.1, 0.15) is 0 Å². The fourth-order valence-corrected chi connectivity index (χ4v) is 1.47. The Morgan fingerprint density at radius 1 is 1.50 bits per heavy atom. The van der Waals surface area contributed by atoms with Gasteiger partial charge in [-0.15, -0.1) is 12.4 Å². The van der Waals surface area contributed by atoms with Gasteiger partial charge in [-0.25, -0.2) is 8.78 Å². The first-order valence-electron chi connectivity index (χ1n) is 5.15. The standard InChI is InChI=1S/C10H16F2N4O.ClH/c1-6-8(7(2)16(3)15-6)9(17)14-5-10(11,12)4-13;/h4-5,13H2,1-3H3,(H,14,17);1H. The Hall–Kier alpha value is -1.21. The van der Waals surface area contributed by atoms with Crippen LogP contribution in [0.3, 0.4) is 0 Å². The van der Waals surface area contributed by atoms with E-state index in [9.17, 15) is 13.6 Å². The third kappa shape index (κ3) is 3.64. The van der Waals surface area contributed by atoms with Crippen molar-refractivity contribution < 1.29 is 13.6 Å². The van der Waals surface area contributed by atoms with Crippen LogP contribution >= 0.6 is 12.4 Å². The molecule has 104 valence electrons. The molecule has 0 spiro atoms. The quantitative estimate of drug-likeness (QED) is 0.857. The molecular formula is C10H17ClF2N4O. The molecule has 0 bridgehead atoms. The number of nitrogens with zero attached hydrogens (tertiary/aromatic N) is 2. The minimum absolute atomic E-state index is 0. The van der Waals surface area contributed by atoms with Crippen LogP contribution in [0.15, 0.2) is 0 Å². The molecule has 0 saturated heterocycles. The summed E-state index contributed by atoms with van der Waals surface area (Å²) >= 11 is 0. The Labute approximate surface area is 110 Å². The van der Waals surface area contributed by atoms with Crippen LogP contribution in [0.5, 0.6) is 0 Å². The molecule has 0 radical (unpaired) electrons. The number of nitrogens with two attached hydrogens (primary N) is 1. The van der Waals surface area contributed by atoms with Crippen molar-refractivity contribution in [3.05, 3.63) is 17.0 Å². The normalized spacial score (nSPS) is 11.0. The minimum Gasteiger partial charge on any atom is -0.346 e. The highest BCUT2D eigenvalue weighted by molar-refractivity contribution is 5.96. The number of alkyl halides is 2. The zero-order valence-electron chi connectivity index (χ0n) is 10.5. The molecule has 1 aromatic rings. The molecule has 0 unspecified atom stereocenters. The van der Waals surface area contributed by atoms with E-state index >= 15 is 0 Å². The van der Waals surface area contributed by atoms with E-state index in [4.69, 9.17) is 5.73 Å². The third-order valence-electron chi connectivity index (χ3n) is 2.54. The molecule has 1 amide bonds. The highest BCUT2D eigenvalue weighted by atomic mass is 35.5. The maximum absolute atomic E-state index is 12.9. The Morgan fingerprint density at radius 3 is 2.44 bits per heavy atom. The number of nitrogens with one attached hydrogen (secondary N) is 1. The molecule has 8 heteroatoms. The largest absolute Gasteiger partial charge is 0.346 e. The number of rotatable bonds is 4. The van der Waals surface area contributed by atoms with Gasteiger partial charge in [0.25, 0.3) is 11.8 Å². The first kappa shape index (κ1) is 16.8. The van der Waals surface area contributed by atoms with Gasteiger partial charge < -0.3 is 11.1 Å². The van der Waals surface area contributed by atoms with Gasteiger partial charge in [0, 0.05) is 12.7 Å². The maximum atomic E-state index is 12.9. The van der Waals surface area contributed by atoms with E-state index < -0.39 is 24.9 Å². The summed E-state index contributed by atoms with van der Waals surface area (Å²) in [4.78, 5) is 11.7. The highest BCUT2D eigenvalue weighted by Gasteiger charge is 2.28. The molecule has 1 heterocycles. The summed E-state index contributed by atoms with van der Waals surface area (Å²) in [6.45, 7) is 1.80. The summed E-state index contributed by atoms with van der Waals surface area (Å²) in [5.74, 6) is -3.64. The number of amides is 1. The van der Waals surface area contributed by atoms with Crippen LogP contribution in [0, 0.1) is 13.8 Å². The number of carbonyl (C=O) groups excluding carboxylic acids is 1. The molecule has 1 aromatic heterocycles. The molecule has 0 aromatic carbocycles.